The zero-order valence-corrected chi connectivity index (χ0v) is 18.4. The summed E-state index contributed by atoms with van der Waals surface area (Å²) in [5.41, 5.74) is 1.50. The van der Waals surface area contributed by atoms with Crippen molar-refractivity contribution in [1.82, 2.24) is 29.1 Å². The highest BCUT2D eigenvalue weighted by atomic mass is 16.5. The number of methoxy groups -OCH3 is 1. The fraction of sp³-hybridized carbons (Fsp3) is 0.318. The Kier molecular flexibility index (Phi) is 5.17. The van der Waals surface area contributed by atoms with Gasteiger partial charge in [-0.1, -0.05) is 12.1 Å². The first-order valence-electron chi connectivity index (χ1n) is 10.4. The number of ether oxygens (including phenoxy) is 2. The van der Waals surface area contributed by atoms with E-state index in [9.17, 15) is 9.59 Å². The molecule has 5 rings (SSSR count). The number of rotatable bonds is 5. The first kappa shape index (κ1) is 20.9. The second kappa shape index (κ2) is 8.17. The van der Waals surface area contributed by atoms with Crippen LogP contribution < -0.4 is 21.2 Å². The number of benzene rings is 1. The summed E-state index contributed by atoms with van der Waals surface area (Å²) in [6.45, 7) is 0.634. The number of anilines is 1. The maximum absolute atomic E-state index is 12.7. The second-order valence-electron chi connectivity index (χ2n) is 7.89. The first-order chi connectivity index (χ1) is 16.0. The maximum atomic E-state index is 12.7. The van der Waals surface area contributed by atoms with E-state index in [1.54, 1.807) is 32.0 Å². The molecule has 2 atom stereocenters. The summed E-state index contributed by atoms with van der Waals surface area (Å²) in [6.07, 6.45) is 1.50. The smallest absolute Gasteiger partial charge is 0.267 e. The summed E-state index contributed by atoms with van der Waals surface area (Å²) >= 11 is 0. The molecule has 0 saturated carbocycles. The minimum absolute atomic E-state index is 0.207. The summed E-state index contributed by atoms with van der Waals surface area (Å²) in [5, 5.41) is 12.4. The lowest BCUT2D eigenvalue weighted by Crippen LogP contribution is -2.38. The van der Waals surface area contributed by atoms with E-state index in [0.29, 0.717) is 41.6 Å². The predicted molar refractivity (Wildman–Crippen MR) is 122 cm³/mol. The number of aryl methyl sites for hydroxylation is 1. The van der Waals surface area contributed by atoms with E-state index in [0.717, 1.165) is 5.56 Å². The molecule has 0 radical (unpaired) electrons. The van der Waals surface area contributed by atoms with E-state index < -0.39 is 0 Å². The van der Waals surface area contributed by atoms with Crippen molar-refractivity contribution >= 4 is 17.0 Å². The molecule has 3 aromatic heterocycles. The number of nitrogens with zero attached hydrogens (tertiary/aromatic N) is 6. The molecule has 0 bridgehead atoms. The average molecular weight is 449 g/mol. The van der Waals surface area contributed by atoms with Gasteiger partial charge in [0.15, 0.2) is 5.65 Å². The molecule has 2 unspecified atom stereocenters. The normalized spacial score (nSPS) is 18.0. The SMILES string of the molecule is COc1cccc(-c2ccc(=O)n(C3COCC3Nc3nc4c(cnn4C)c(=O)n3C)n2)c1. The quantitative estimate of drug-likeness (QED) is 0.479. The van der Waals surface area contributed by atoms with Gasteiger partial charge in [0.05, 0.1) is 38.3 Å². The Morgan fingerprint density at radius 2 is 2.00 bits per heavy atom. The van der Waals surface area contributed by atoms with Crippen molar-refractivity contribution in [3.63, 3.8) is 0 Å². The third kappa shape index (κ3) is 3.65. The topological polar surface area (TPSA) is 118 Å². The molecule has 4 aromatic rings. The van der Waals surface area contributed by atoms with Gasteiger partial charge < -0.3 is 14.8 Å². The highest BCUT2D eigenvalue weighted by Gasteiger charge is 2.32. The van der Waals surface area contributed by atoms with Gasteiger partial charge >= 0.3 is 0 Å². The lowest BCUT2D eigenvalue weighted by Gasteiger charge is -2.22. The predicted octanol–water partition coefficient (Wildman–Crippen LogP) is 0.951. The summed E-state index contributed by atoms with van der Waals surface area (Å²) in [4.78, 5) is 30.0. The highest BCUT2D eigenvalue weighted by Crippen LogP contribution is 2.24. The molecule has 1 saturated heterocycles. The summed E-state index contributed by atoms with van der Waals surface area (Å²) in [5.74, 6) is 1.07. The highest BCUT2D eigenvalue weighted by molar-refractivity contribution is 5.74. The molecule has 4 heterocycles. The largest absolute Gasteiger partial charge is 0.497 e. The Morgan fingerprint density at radius 1 is 1.15 bits per heavy atom. The van der Waals surface area contributed by atoms with Gasteiger partial charge in [0.1, 0.15) is 17.2 Å². The number of hydrogen-bond donors (Lipinski definition) is 1. The maximum Gasteiger partial charge on any atom is 0.267 e. The molecule has 170 valence electrons. The summed E-state index contributed by atoms with van der Waals surface area (Å²) < 4.78 is 15.4. The fourth-order valence-corrected chi connectivity index (χ4v) is 3.98. The van der Waals surface area contributed by atoms with Crippen molar-refractivity contribution in [2.24, 2.45) is 14.1 Å². The van der Waals surface area contributed by atoms with Crippen molar-refractivity contribution in [2.75, 3.05) is 25.6 Å². The molecule has 0 amide bonds. The van der Waals surface area contributed by atoms with E-state index in [1.165, 1.54) is 21.5 Å². The molecule has 1 aliphatic rings. The van der Waals surface area contributed by atoms with Crippen LogP contribution in [0.5, 0.6) is 5.75 Å². The monoisotopic (exact) mass is 449 g/mol. The van der Waals surface area contributed by atoms with Gasteiger partial charge in [-0.3, -0.25) is 18.8 Å². The van der Waals surface area contributed by atoms with E-state index in [4.69, 9.17) is 9.47 Å². The van der Waals surface area contributed by atoms with Gasteiger partial charge in [0.25, 0.3) is 11.1 Å². The van der Waals surface area contributed by atoms with Crippen LogP contribution in [0.15, 0.2) is 52.2 Å². The lowest BCUT2D eigenvalue weighted by molar-refractivity contribution is 0.183. The number of hydrogen-bond acceptors (Lipinski definition) is 8. The van der Waals surface area contributed by atoms with Crippen LogP contribution in [0.3, 0.4) is 0 Å². The minimum atomic E-state index is -0.387. The third-order valence-electron chi connectivity index (χ3n) is 5.84. The fourth-order valence-electron chi connectivity index (χ4n) is 3.98. The number of aromatic nitrogens is 6. The van der Waals surface area contributed by atoms with Crippen LogP contribution in [0.1, 0.15) is 6.04 Å². The van der Waals surface area contributed by atoms with Gasteiger partial charge in [-0.2, -0.15) is 15.2 Å². The van der Waals surface area contributed by atoms with Crippen LogP contribution in [0.4, 0.5) is 5.95 Å². The van der Waals surface area contributed by atoms with Crippen LogP contribution in [0, 0.1) is 0 Å². The zero-order valence-electron chi connectivity index (χ0n) is 18.4. The van der Waals surface area contributed by atoms with Crippen molar-refractivity contribution < 1.29 is 9.47 Å². The molecule has 1 N–H and O–H groups in total. The van der Waals surface area contributed by atoms with Gasteiger partial charge in [-0.15, -0.1) is 0 Å². The Hall–Kier alpha value is -3.99. The zero-order chi connectivity index (χ0) is 23.1. The van der Waals surface area contributed by atoms with Crippen LogP contribution in [0.2, 0.25) is 0 Å². The minimum Gasteiger partial charge on any atom is -0.497 e. The molecule has 0 spiro atoms. The Morgan fingerprint density at radius 3 is 2.82 bits per heavy atom. The van der Waals surface area contributed by atoms with E-state index in [1.807, 2.05) is 24.3 Å². The molecule has 1 fully saturated rings. The first-order valence-corrected chi connectivity index (χ1v) is 10.4. The van der Waals surface area contributed by atoms with Crippen LogP contribution in [-0.2, 0) is 18.8 Å². The summed E-state index contributed by atoms with van der Waals surface area (Å²) in [6, 6.07) is 9.96. The van der Waals surface area contributed by atoms with Crippen LogP contribution in [-0.4, -0.2) is 55.5 Å². The van der Waals surface area contributed by atoms with Crippen molar-refractivity contribution in [2.45, 2.75) is 12.1 Å². The Labute approximate surface area is 188 Å². The van der Waals surface area contributed by atoms with Gasteiger partial charge in [0.2, 0.25) is 5.95 Å². The second-order valence-corrected chi connectivity index (χ2v) is 7.89. The Balaban J connectivity index is 1.50. The Bertz CT molecular complexity index is 1460. The van der Waals surface area contributed by atoms with Crippen molar-refractivity contribution in [3.8, 4) is 17.0 Å². The molecule has 11 heteroatoms. The van der Waals surface area contributed by atoms with E-state index in [2.05, 4.69) is 20.5 Å². The molecular weight excluding hydrogens is 426 g/mol. The van der Waals surface area contributed by atoms with Crippen LogP contribution >= 0.6 is 0 Å². The molecule has 0 aliphatic carbocycles. The average Bonchev–Trinajstić information content (AvgIpc) is 3.44. The number of nitrogens with one attached hydrogen (secondary N) is 1. The molecule has 33 heavy (non-hydrogen) atoms. The van der Waals surface area contributed by atoms with E-state index >= 15 is 0 Å². The van der Waals surface area contributed by atoms with Crippen molar-refractivity contribution in [3.05, 3.63) is 63.3 Å². The number of fused-ring (bicyclic) bond motifs is 1. The molecule has 1 aliphatic heterocycles. The van der Waals surface area contributed by atoms with Gasteiger partial charge in [-0.25, -0.2) is 4.68 Å². The molecular formula is C22H23N7O4. The standard InChI is InChI=1S/C22H23N7O4/c1-27-21(31)15-10-23-28(2)20(15)25-22(27)24-17-11-33-12-18(17)29-19(30)8-7-16(26-29)13-5-4-6-14(9-13)32-3/h4-10,17-18H,11-12H2,1-3H3,(H,24,25). The molecule has 1 aromatic carbocycles. The molecule has 11 nitrogen and oxygen atoms in total. The van der Waals surface area contributed by atoms with E-state index in [-0.39, 0.29) is 23.2 Å². The van der Waals surface area contributed by atoms with Gasteiger partial charge in [-0.05, 0) is 18.2 Å². The van der Waals surface area contributed by atoms with Crippen LogP contribution in [0.25, 0.3) is 22.3 Å². The van der Waals surface area contributed by atoms with Crippen molar-refractivity contribution in [1.29, 1.82) is 0 Å². The third-order valence-corrected chi connectivity index (χ3v) is 5.84. The summed E-state index contributed by atoms with van der Waals surface area (Å²) in [7, 11) is 4.97. The lowest BCUT2D eigenvalue weighted by atomic mass is 10.1. The van der Waals surface area contributed by atoms with Gasteiger partial charge in [0, 0.05) is 25.7 Å².